The molecule has 76 valence electrons. The van der Waals surface area contributed by atoms with Gasteiger partial charge in [-0.1, -0.05) is 6.92 Å². The number of hydrogen-bond acceptors (Lipinski definition) is 3. The quantitative estimate of drug-likeness (QED) is 0.557. The lowest BCUT2D eigenvalue weighted by Gasteiger charge is -2.14. The van der Waals surface area contributed by atoms with E-state index in [1.807, 2.05) is 0 Å². The number of nitrogens with two attached hydrogens (primary N) is 1. The molecule has 0 aliphatic carbocycles. The maximum atomic E-state index is 10.4. The zero-order chi connectivity index (χ0) is 10.4. The predicted octanol–water partition coefficient (Wildman–Crippen LogP) is 0.289. The van der Waals surface area contributed by atoms with Gasteiger partial charge in [0.1, 0.15) is 6.04 Å². The highest BCUT2D eigenvalue weighted by molar-refractivity contribution is 5.73. The second-order valence-corrected chi connectivity index (χ2v) is 3.13. The molecule has 0 saturated heterocycles. The van der Waals surface area contributed by atoms with Gasteiger partial charge in [0, 0.05) is 6.42 Å². The summed E-state index contributed by atoms with van der Waals surface area (Å²) in [7, 11) is 0. The van der Waals surface area contributed by atoms with E-state index < -0.39 is 18.0 Å². The molecule has 0 saturated carbocycles. The van der Waals surface area contributed by atoms with Gasteiger partial charge < -0.3 is 15.9 Å². The van der Waals surface area contributed by atoms with Crippen molar-refractivity contribution in [1.29, 1.82) is 0 Å². The van der Waals surface area contributed by atoms with Gasteiger partial charge in [-0.25, -0.2) is 0 Å². The monoisotopic (exact) mass is 189 g/mol. The van der Waals surface area contributed by atoms with Crippen molar-refractivity contribution in [2.45, 2.75) is 32.2 Å². The van der Waals surface area contributed by atoms with Gasteiger partial charge in [0.25, 0.3) is 0 Å². The van der Waals surface area contributed by atoms with Crippen LogP contribution in [0.15, 0.2) is 0 Å². The minimum absolute atomic E-state index is 0.0661. The van der Waals surface area contributed by atoms with Gasteiger partial charge in [-0.15, -0.1) is 0 Å². The second kappa shape index (κ2) is 5.53. The van der Waals surface area contributed by atoms with Crippen LogP contribution in [0.3, 0.4) is 0 Å². The largest absolute Gasteiger partial charge is 0.481 e. The van der Waals surface area contributed by atoms with E-state index in [0.717, 1.165) is 0 Å². The van der Waals surface area contributed by atoms with Crippen LogP contribution in [0.5, 0.6) is 0 Å². The van der Waals surface area contributed by atoms with Crippen molar-refractivity contribution in [2.75, 3.05) is 0 Å². The van der Waals surface area contributed by atoms with Crippen molar-refractivity contribution < 1.29 is 19.8 Å². The Bertz CT molecular complexity index is 193. The number of carboxylic acid groups (broad SMARTS) is 2. The Morgan fingerprint density at radius 1 is 1.38 bits per heavy atom. The van der Waals surface area contributed by atoms with Gasteiger partial charge >= 0.3 is 11.9 Å². The smallest absolute Gasteiger partial charge is 0.320 e. The lowest BCUT2D eigenvalue weighted by molar-refractivity contribution is -0.139. The summed E-state index contributed by atoms with van der Waals surface area (Å²) in [5.74, 6) is -2.09. The number of rotatable bonds is 6. The molecule has 0 bridgehead atoms. The minimum atomic E-state index is -1.04. The summed E-state index contributed by atoms with van der Waals surface area (Å²) in [5.41, 5.74) is 5.33. The fourth-order valence-corrected chi connectivity index (χ4v) is 0.998. The molecule has 4 N–H and O–H groups in total. The molecule has 0 spiro atoms. The number of carboxylic acids is 2. The van der Waals surface area contributed by atoms with Crippen LogP contribution < -0.4 is 5.73 Å². The molecule has 0 aliphatic heterocycles. The Morgan fingerprint density at radius 2 is 1.92 bits per heavy atom. The van der Waals surface area contributed by atoms with Crippen molar-refractivity contribution in [1.82, 2.24) is 0 Å². The van der Waals surface area contributed by atoms with E-state index in [1.165, 1.54) is 0 Å². The molecule has 0 aliphatic rings. The Balaban J connectivity index is 3.67. The highest BCUT2D eigenvalue weighted by Crippen LogP contribution is 2.10. The summed E-state index contributed by atoms with van der Waals surface area (Å²) in [6.07, 6.45) is 1.06. The van der Waals surface area contributed by atoms with Crippen molar-refractivity contribution in [3.8, 4) is 0 Å². The Kier molecular flexibility index (Phi) is 5.06. The van der Waals surface area contributed by atoms with E-state index in [2.05, 4.69) is 0 Å². The van der Waals surface area contributed by atoms with E-state index >= 15 is 0 Å². The third kappa shape index (κ3) is 5.19. The molecule has 5 heteroatoms. The summed E-state index contributed by atoms with van der Waals surface area (Å²) in [6, 6.07) is -0.895. The molecule has 2 atom stereocenters. The first-order valence-corrected chi connectivity index (χ1v) is 4.15. The second-order valence-electron chi connectivity index (χ2n) is 3.13. The molecular weight excluding hydrogens is 174 g/mol. The van der Waals surface area contributed by atoms with Crippen LogP contribution in [0.1, 0.15) is 26.2 Å². The van der Waals surface area contributed by atoms with Crippen LogP contribution in [-0.2, 0) is 9.59 Å². The van der Waals surface area contributed by atoms with Crippen molar-refractivity contribution in [3.63, 3.8) is 0 Å². The van der Waals surface area contributed by atoms with Crippen molar-refractivity contribution in [2.24, 2.45) is 11.7 Å². The molecule has 0 heterocycles. The maximum absolute atomic E-state index is 10.4. The van der Waals surface area contributed by atoms with E-state index in [0.29, 0.717) is 12.8 Å². The van der Waals surface area contributed by atoms with Gasteiger partial charge in [-0.05, 0) is 18.8 Å². The Hall–Kier alpha value is -1.10. The zero-order valence-electron chi connectivity index (χ0n) is 7.56. The third-order valence-corrected chi connectivity index (χ3v) is 1.95. The molecular formula is C8H15NO4. The Morgan fingerprint density at radius 3 is 2.31 bits per heavy atom. The van der Waals surface area contributed by atoms with Gasteiger partial charge in [0.05, 0.1) is 0 Å². The van der Waals surface area contributed by atoms with Crippen LogP contribution >= 0.6 is 0 Å². The SMILES string of the molecule is C[C@@H](CCCC(=O)O)[C@H](N)C(=O)O. The highest BCUT2D eigenvalue weighted by atomic mass is 16.4. The van der Waals surface area contributed by atoms with E-state index in [1.54, 1.807) is 6.92 Å². The van der Waals surface area contributed by atoms with E-state index in [9.17, 15) is 9.59 Å². The molecule has 0 unspecified atom stereocenters. The van der Waals surface area contributed by atoms with Gasteiger partial charge in [-0.3, -0.25) is 9.59 Å². The zero-order valence-corrected chi connectivity index (χ0v) is 7.56. The van der Waals surface area contributed by atoms with Crippen LogP contribution in [0, 0.1) is 5.92 Å². The minimum Gasteiger partial charge on any atom is -0.481 e. The number of hydrogen-bond donors (Lipinski definition) is 3. The summed E-state index contributed by atoms with van der Waals surface area (Å²) >= 11 is 0. The van der Waals surface area contributed by atoms with Crippen LogP contribution in [0.2, 0.25) is 0 Å². The van der Waals surface area contributed by atoms with Crippen LogP contribution in [0.4, 0.5) is 0 Å². The van der Waals surface area contributed by atoms with E-state index in [-0.39, 0.29) is 12.3 Å². The fourth-order valence-electron chi connectivity index (χ4n) is 0.998. The highest BCUT2D eigenvalue weighted by Gasteiger charge is 2.19. The molecule has 0 fully saturated rings. The average Bonchev–Trinajstić information content (AvgIpc) is 2.02. The van der Waals surface area contributed by atoms with Crippen LogP contribution in [-0.4, -0.2) is 28.2 Å². The molecule has 0 amide bonds. The van der Waals surface area contributed by atoms with Gasteiger partial charge in [0.15, 0.2) is 0 Å². The third-order valence-electron chi connectivity index (χ3n) is 1.95. The summed E-state index contributed by atoms with van der Waals surface area (Å²) in [5, 5.41) is 16.8. The van der Waals surface area contributed by atoms with Gasteiger partial charge in [-0.2, -0.15) is 0 Å². The van der Waals surface area contributed by atoms with Gasteiger partial charge in [0.2, 0.25) is 0 Å². The molecule has 0 aromatic carbocycles. The average molecular weight is 189 g/mol. The molecule has 0 aromatic heterocycles. The molecule has 0 radical (unpaired) electrons. The molecule has 5 nitrogen and oxygen atoms in total. The predicted molar refractivity (Wildman–Crippen MR) is 46.3 cm³/mol. The van der Waals surface area contributed by atoms with Crippen molar-refractivity contribution in [3.05, 3.63) is 0 Å². The number of aliphatic carboxylic acids is 2. The standard InChI is InChI=1S/C8H15NO4/c1-5(7(9)8(12)13)3-2-4-6(10)11/h5,7H,2-4,9H2,1H3,(H,10,11)(H,12,13)/t5-,7-/m0/s1. The topological polar surface area (TPSA) is 101 Å². The Labute approximate surface area is 76.5 Å². The summed E-state index contributed by atoms with van der Waals surface area (Å²) < 4.78 is 0. The summed E-state index contributed by atoms with van der Waals surface area (Å²) in [4.78, 5) is 20.5. The van der Waals surface area contributed by atoms with E-state index in [4.69, 9.17) is 15.9 Å². The molecule has 13 heavy (non-hydrogen) atoms. The lowest BCUT2D eigenvalue weighted by atomic mass is 9.96. The number of carbonyl (C=O) groups is 2. The summed E-state index contributed by atoms with van der Waals surface area (Å²) in [6.45, 7) is 1.71. The maximum Gasteiger partial charge on any atom is 0.320 e. The first-order valence-electron chi connectivity index (χ1n) is 4.15. The molecule has 0 rings (SSSR count). The fraction of sp³-hybridized carbons (Fsp3) is 0.750. The van der Waals surface area contributed by atoms with Crippen molar-refractivity contribution >= 4 is 11.9 Å². The first-order chi connectivity index (χ1) is 5.95. The lowest BCUT2D eigenvalue weighted by Crippen LogP contribution is -2.36. The normalized spacial score (nSPS) is 14.9. The molecule has 0 aromatic rings. The van der Waals surface area contributed by atoms with Crippen LogP contribution in [0.25, 0.3) is 0 Å². The first kappa shape index (κ1) is 11.9.